The molecule has 0 amide bonds. The van der Waals surface area contributed by atoms with Crippen molar-refractivity contribution in [3.63, 3.8) is 0 Å². The van der Waals surface area contributed by atoms with E-state index in [0.29, 0.717) is 59.3 Å². The third-order valence-corrected chi connectivity index (χ3v) is 5.43. The highest BCUT2D eigenvalue weighted by Crippen LogP contribution is 2.30. The third-order valence-electron chi connectivity index (χ3n) is 4.60. The molecule has 1 aromatic heterocycles. The summed E-state index contributed by atoms with van der Waals surface area (Å²) in [5, 5.41) is 19.4. The fourth-order valence-electron chi connectivity index (χ4n) is 3.17. The van der Waals surface area contributed by atoms with Crippen molar-refractivity contribution in [2.24, 2.45) is 0 Å². The van der Waals surface area contributed by atoms with Gasteiger partial charge in [-0.3, -0.25) is 4.57 Å². The molecule has 1 fully saturated rings. The van der Waals surface area contributed by atoms with E-state index in [2.05, 4.69) is 21.2 Å². The van der Waals surface area contributed by atoms with Gasteiger partial charge in [0.05, 0.1) is 34.5 Å². The molecule has 0 radical (unpaired) electrons. The molecule has 1 aliphatic rings. The molecule has 29 heavy (non-hydrogen) atoms. The second kappa shape index (κ2) is 8.66. The summed E-state index contributed by atoms with van der Waals surface area (Å²) in [6.45, 7) is 2.65. The van der Waals surface area contributed by atoms with Crippen LogP contribution in [0.5, 0.6) is 0 Å². The number of rotatable bonds is 4. The van der Waals surface area contributed by atoms with Gasteiger partial charge in [0.25, 0.3) is 0 Å². The van der Waals surface area contributed by atoms with Crippen molar-refractivity contribution in [2.75, 3.05) is 31.2 Å². The quantitative estimate of drug-likeness (QED) is 0.576. The summed E-state index contributed by atoms with van der Waals surface area (Å²) in [6.07, 6.45) is 1.68. The third kappa shape index (κ3) is 3.99. The summed E-state index contributed by atoms with van der Waals surface area (Å²) in [4.78, 5) is 2.11. The van der Waals surface area contributed by atoms with Crippen molar-refractivity contribution in [3.05, 3.63) is 70.0 Å². The van der Waals surface area contributed by atoms with Crippen LogP contribution in [0.15, 0.2) is 48.5 Å². The van der Waals surface area contributed by atoms with Gasteiger partial charge in [0.1, 0.15) is 6.07 Å². The van der Waals surface area contributed by atoms with Gasteiger partial charge in [0.2, 0.25) is 5.95 Å². The van der Waals surface area contributed by atoms with Crippen molar-refractivity contribution in [1.82, 2.24) is 14.8 Å². The Hall–Kier alpha value is -2.85. The summed E-state index contributed by atoms with van der Waals surface area (Å²) >= 11 is 12.4. The number of anilines is 1. The van der Waals surface area contributed by atoms with Crippen LogP contribution in [0.25, 0.3) is 17.3 Å². The predicted octanol–water partition coefficient (Wildman–Crippen LogP) is 4.47. The molecule has 146 valence electrons. The monoisotopic (exact) mass is 425 g/mol. The molecule has 2 aromatic carbocycles. The minimum absolute atomic E-state index is 0.338. The summed E-state index contributed by atoms with van der Waals surface area (Å²) in [5.41, 5.74) is 1.85. The lowest BCUT2D eigenvalue weighted by atomic mass is 10.1. The zero-order valence-corrected chi connectivity index (χ0v) is 16.9. The Bertz CT molecular complexity index is 1080. The van der Waals surface area contributed by atoms with Gasteiger partial charge in [-0.25, -0.2) is 0 Å². The Morgan fingerprint density at radius 3 is 2.52 bits per heavy atom. The van der Waals surface area contributed by atoms with Gasteiger partial charge in [-0.2, -0.15) is 5.26 Å². The first-order valence-electron chi connectivity index (χ1n) is 9.09. The van der Waals surface area contributed by atoms with Gasteiger partial charge in [-0.15, -0.1) is 10.2 Å². The average Bonchev–Trinajstić information content (AvgIpc) is 3.21. The molecule has 6 nitrogen and oxygen atoms in total. The topological polar surface area (TPSA) is 67.0 Å². The van der Waals surface area contributed by atoms with Gasteiger partial charge in [0, 0.05) is 13.1 Å². The second-order valence-corrected chi connectivity index (χ2v) is 7.19. The number of halogens is 2. The molecule has 0 bridgehead atoms. The van der Waals surface area contributed by atoms with E-state index in [1.54, 1.807) is 24.3 Å². The predicted molar refractivity (Wildman–Crippen MR) is 114 cm³/mol. The van der Waals surface area contributed by atoms with Gasteiger partial charge < -0.3 is 9.64 Å². The summed E-state index contributed by atoms with van der Waals surface area (Å²) < 4.78 is 7.34. The summed E-state index contributed by atoms with van der Waals surface area (Å²) in [5.74, 6) is 1.11. The SMILES string of the molecule is N#C/C(=C\c1cccc(Cl)c1Cl)c1nnc(N2CCOCC2)n1-c1ccccc1. The maximum atomic E-state index is 9.88. The smallest absolute Gasteiger partial charge is 0.232 e. The standard InChI is InChI=1S/C21H17Cl2N5O/c22-18-8-4-5-15(19(18)23)13-16(14-24)20-25-26-21(27-9-11-29-12-10-27)28(20)17-6-2-1-3-7-17/h1-8,13H,9-12H2/b16-13+. The van der Waals surface area contributed by atoms with Crippen LogP contribution < -0.4 is 4.90 Å². The van der Waals surface area contributed by atoms with Gasteiger partial charge in [-0.1, -0.05) is 53.5 Å². The molecular formula is C21H17Cl2N5O. The van der Waals surface area contributed by atoms with Crippen LogP contribution >= 0.6 is 23.2 Å². The van der Waals surface area contributed by atoms with E-state index in [9.17, 15) is 5.26 Å². The van der Waals surface area contributed by atoms with Crippen molar-refractivity contribution >= 4 is 40.8 Å². The van der Waals surface area contributed by atoms with Crippen molar-refractivity contribution < 1.29 is 4.74 Å². The molecule has 0 aliphatic carbocycles. The number of allylic oxidation sites excluding steroid dienone is 1. The molecule has 3 aromatic rings. The number of hydrogen-bond acceptors (Lipinski definition) is 5. The zero-order chi connectivity index (χ0) is 20.2. The lowest BCUT2D eigenvalue weighted by molar-refractivity contribution is 0.122. The number of nitrogens with zero attached hydrogens (tertiary/aromatic N) is 5. The summed E-state index contributed by atoms with van der Waals surface area (Å²) in [7, 11) is 0. The second-order valence-electron chi connectivity index (χ2n) is 6.41. The molecule has 0 atom stereocenters. The van der Waals surface area contributed by atoms with E-state index < -0.39 is 0 Å². The van der Waals surface area contributed by atoms with Crippen LogP contribution in [0.1, 0.15) is 11.4 Å². The van der Waals surface area contributed by atoms with E-state index in [0.717, 1.165) is 5.69 Å². The first kappa shape index (κ1) is 19.5. The summed E-state index contributed by atoms with van der Waals surface area (Å²) in [6, 6.07) is 17.3. The van der Waals surface area contributed by atoms with Crippen molar-refractivity contribution in [1.29, 1.82) is 5.26 Å². The molecule has 0 saturated carbocycles. The van der Waals surface area contributed by atoms with Gasteiger partial charge in [-0.05, 0) is 29.8 Å². The minimum Gasteiger partial charge on any atom is -0.378 e. The van der Waals surface area contributed by atoms with Crippen LogP contribution in [0.2, 0.25) is 10.0 Å². The highest BCUT2D eigenvalue weighted by Gasteiger charge is 2.23. The average molecular weight is 426 g/mol. The fourth-order valence-corrected chi connectivity index (χ4v) is 3.53. The molecule has 1 aliphatic heterocycles. The number of hydrogen-bond donors (Lipinski definition) is 0. The van der Waals surface area contributed by atoms with Crippen LogP contribution in [-0.4, -0.2) is 41.1 Å². The van der Waals surface area contributed by atoms with Crippen LogP contribution in [0.4, 0.5) is 5.95 Å². The molecule has 2 heterocycles. The van der Waals surface area contributed by atoms with Gasteiger partial charge in [0.15, 0.2) is 5.82 Å². The van der Waals surface area contributed by atoms with E-state index in [1.165, 1.54) is 0 Å². The maximum absolute atomic E-state index is 9.88. The van der Waals surface area contributed by atoms with E-state index in [4.69, 9.17) is 27.9 Å². The number of aromatic nitrogens is 3. The lowest BCUT2D eigenvalue weighted by Crippen LogP contribution is -2.38. The van der Waals surface area contributed by atoms with Crippen LogP contribution in [0, 0.1) is 11.3 Å². The molecule has 0 spiro atoms. The molecule has 4 rings (SSSR count). The highest BCUT2D eigenvalue weighted by molar-refractivity contribution is 6.43. The van der Waals surface area contributed by atoms with Gasteiger partial charge >= 0.3 is 0 Å². The number of para-hydroxylation sites is 1. The first-order valence-corrected chi connectivity index (χ1v) is 9.84. The highest BCUT2D eigenvalue weighted by atomic mass is 35.5. The molecule has 1 saturated heterocycles. The van der Waals surface area contributed by atoms with Crippen LogP contribution in [-0.2, 0) is 4.74 Å². The largest absolute Gasteiger partial charge is 0.378 e. The normalized spacial score (nSPS) is 14.7. The maximum Gasteiger partial charge on any atom is 0.232 e. The molecule has 0 N–H and O–H groups in total. The molecule has 0 unspecified atom stereocenters. The Kier molecular flexibility index (Phi) is 5.81. The van der Waals surface area contributed by atoms with Crippen molar-refractivity contribution in [3.8, 4) is 11.8 Å². The molecular weight excluding hydrogens is 409 g/mol. The van der Waals surface area contributed by atoms with E-state index in [1.807, 2.05) is 34.9 Å². The molecule has 8 heteroatoms. The number of benzene rings is 2. The minimum atomic E-state index is 0.338. The number of morpholine rings is 1. The fraction of sp³-hybridized carbons (Fsp3) is 0.190. The Labute approximate surface area is 178 Å². The first-order chi connectivity index (χ1) is 14.2. The number of nitriles is 1. The van der Waals surface area contributed by atoms with E-state index in [-0.39, 0.29) is 0 Å². The zero-order valence-electron chi connectivity index (χ0n) is 15.4. The van der Waals surface area contributed by atoms with Crippen LogP contribution in [0.3, 0.4) is 0 Å². The van der Waals surface area contributed by atoms with Crippen molar-refractivity contribution in [2.45, 2.75) is 0 Å². The lowest BCUT2D eigenvalue weighted by Gasteiger charge is -2.28. The Morgan fingerprint density at radius 2 is 1.79 bits per heavy atom. The Balaban J connectivity index is 1.86. The van der Waals surface area contributed by atoms with E-state index >= 15 is 0 Å². The number of ether oxygens (including phenoxy) is 1. The Morgan fingerprint density at radius 1 is 1.03 bits per heavy atom.